The summed E-state index contributed by atoms with van der Waals surface area (Å²) in [5.74, 6) is 0. The Labute approximate surface area is 121 Å². The standard InChI is InChI=1S/C13H21BrN2OS/c1-2-10(15)13(11-5-6-12(14)18-11)16-7-3-4-9(17)8-16/h5-6,9-10,13,17H,2-4,7-8,15H2,1H3. The first-order valence-corrected chi connectivity index (χ1v) is 8.15. The number of thiophene rings is 1. The lowest BCUT2D eigenvalue weighted by Crippen LogP contribution is -2.46. The summed E-state index contributed by atoms with van der Waals surface area (Å²) >= 11 is 5.26. The van der Waals surface area contributed by atoms with E-state index in [-0.39, 0.29) is 18.2 Å². The Kier molecular flexibility index (Phi) is 5.21. The van der Waals surface area contributed by atoms with Crippen molar-refractivity contribution in [3.8, 4) is 0 Å². The van der Waals surface area contributed by atoms with Gasteiger partial charge in [-0.25, -0.2) is 0 Å². The Hall–Kier alpha value is 0.0600. The van der Waals surface area contributed by atoms with Crippen molar-refractivity contribution in [2.24, 2.45) is 5.73 Å². The Balaban J connectivity index is 2.19. The van der Waals surface area contributed by atoms with E-state index in [1.807, 2.05) is 0 Å². The second kappa shape index (κ2) is 6.48. The molecule has 0 aliphatic carbocycles. The number of rotatable bonds is 4. The van der Waals surface area contributed by atoms with Crippen molar-refractivity contribution in [2.75, 3.05) is 13.1 Å². The van der Waals surface area contributed by atoms with Gasteiger partial charge in [0, 0.05) is 17.5 Å². The lowest BCUT2D eigenvalue weighted by atomic mass is 9.99. The maximum atomic E-state index is 9.85. The number of piperidine rings is 1. The topological polar surface area (TPSA) is 49.5 Å². The third kappa shape index (κ3) is 3.33. The van der Waals surface area contributed by atoms with Gasteiger partial charge in [-0.2, -0.15) is 0 Å². The van der Waals surface area contributed by atoms with Gasteiger partial charge < -0.3 is 10.8 Å². The summed E-state index contributed by atoms with van der Waals surface area (Å²) in [6.45, 7) is 3.90. The summed E-state index contributed by atoms with van der Waals surface area (Å²) in [5, 5.41) is 9.85. The highest BCUT2D eigenvalue weighted by atomic mass is 79.9. The molecule has 18 heavy (non-hydrogen) atoms. The number of nitrogens with two attached hydrogens (primary N) is 1. The SMILES string of the molecule is CCC(N)C(c1ccc(Br)s1)N1CCCC(O)C1. The number of nitrogens with zero attached hydrogens (tertiary/aromatic N) is 1. The van der Waals surface area contributed by atoms with Gasteiger partial charge in [-0.1, -0.05) is 6.92 Å². The van der Waals surface area contributed by atoms with Crippen LogP contribution >= 0.6 is 27.3 Å². The minimum atomic E-state index is -0.200. The average molecular weight is 333 g/mol. The van der Waals surface area contributed by atoms with Crippen molar-refractivity contribution < 1.29 is 5.11 Å². The van der Waals surface area contributed by atoms with Crippen molar-refractivity contribution >= 4 is 27.3 Å². The zero-order valence-corrected chi connectivity index (χ0v) is 13.1. The van der Waals surface area contributed by atoms with E-state index in [9.17, 15) is 5.11 Å². The number of aliphatic hydroxyl groups excluding tert-OH is 1. The molecule has 0 bridgehead atoms. The van der Waals surface area contributed by atoms with Crippen LogP contribution in [0.1, 0.15) is 37.1 Å². The summed E-state index contributed by atoms with van der Waals surface area (Å²) in [6.07, 6.45) is 2.72. The molecule has 0 amide bonds. The zero-order chi connectivity index (χ0) is 13.1. The maximum absolute atomic E-state index is 9.85. The molecule has 1 aliphatic heterocycles. The van der Waals surface area contributed by atoms with Gasteiger partial charge in [-0.05, 0) is 53.9 Å². The number of aliphatic hydroxyl groups is 1. The number of hydrogen-bond acceptors (Lipinski definition) is 4. The number of halogens is 1. The van der Waals surface area contributed by atoms with E-state index >= 15 is 0 Å². The van der Waals surface area contributed by atoms with Crippen LogP contribution < -0.4 is 5.73 Å². The third-order valence-corrected chi connectivity index (χ3v) is 5.28. The van der Waals surface area contributed by atoms with Gasteiger partial charge in [0.05, 0.1) is 15.9 Å². The molecule has 3 nitrogen and oxygen atoms in total. The Bertz CT molecular complexity index is 385. The monoisotopic (exact) mass is 332 g/mol. The minimum absolute atomic E-state index is 0.126. The molecule has 3 atom stereocenters. The largest absolute Gasteiger partial charge is 0.392 e. The second-order valence-electron chi connectivity index (χ2n) is 4.95. The number of hydrogen-bond donors (Lipinski definition) is 2. The summed E-state index contributed by atoms with van der Waals surface area (Å²) in [5.41, 5.74) is 6.30. The summed E-state index contributed by atoms with van der Waals surface area (Å²) in [4.78, 5) is 3.64. The van der Waals surface area contributed by atoms with Crippen LogP contribution in [-0.2, 0) is 0 Å². The fourth-order valence-corrected chi connectivity index (χ4v) is 4.24. The van der Waals surface area contributed by atoms with Crippen LogP contribution in [0.5, 0.6) is 0 Å². The third-order valence-electron chi connectivity index (χ3n) is 3.58. The number of β-amino-alcohol motifs (C(OH)–C–C–N with tert-alkyl or cyclic N) is 1. The molecule has 102 valence electrons. The van der Waals surface area contributed by atoms with Crippen LogP contribution in [0.15, 0.2) is 15.9 Å². The van der Waals surface area contributed by atoms with Gasteiger partial charge in [-0.3, -0.25) is 4.90 Å². The fourth-order valence-electron chi connectivity index (χ4n) is 2.61. The van der Waals surface area contributed by atoms with Crippen molar-refractivity contribution in [2.45, 2.75) is 44.4 Å². The molecule has 0 aromatic carbocycles. The van der Waals surface area contributed by atoms with Gasteiger partial charge in [0.2, 0.25) is 0 Å². The number of likely N-dealkylation sites (tertiary alicyclic amines) is 1. The Morgan fingerprint density at radius 3 is 2.94 bits per heavy atom. The predicted molar refractivity (Wildman–Crippen MR) is 79.8 cm³/mol. The van der Waals surface area contributed by atoms with Gasteiger partial charge in [0.25, 0.3) is 0 Å². The van der Waals surface area contributed by atoms with E-state index in [0.29, 0.717) is 0 Å². The Morgan fingerprint density at radius 1 is 1.61 bits per heavy atom. The van der Waals surface area contributed by atoms with E-state index in [0.717, 1.165) is 36.1 Å². The van der Waals surface area contributed by atoms with E-state index in [1.165, 1.54) is 4.88 Å². The van der Waals surface area contributed by atoms with E-state index in [4.69, 9.17) is 5.73 Å². The molecule has 3 N–H and O–H groups in total. The molecule has 1 aromatic heterocycles. The molecule has 1 aliphatic rings. The molecule has 1 fully saturated rings. The minimum Gasteiger partial charge on any atom is -0.392 e. The van der Waals surface area contributed by atoms with Crippen molar-refractivity contribution in [1.82, 2.24) is 4.90 Å². The smallest absolute Gasteiger partial charge is 0.0702 e. The average Bonchev–Trinajstić information content (AvgIpc) is 2.76. The van der Waals surface area contributed by atoms with Gasteiger partial charge >= 0.3 is 0 Å². The van der Waals surface area contributed by atoms with Crippen LogP contribution in [0.3, 0.4) is 0 Å². The van der Waals surface area contributed by atoms with Crippen LogP contribution in [0.25, 0.3) is 0 Å². The predicted octanol–water partition coefficient (Wildman–Crippen LogP) is 2.75. The first-order valence-electron chi connectivity index (χ1n) is 6.54. The molecule has 2 rings (SSSR count). The van der Waals surface area contributed by atoms with Gasteiger partial charge in [0.1, 0.15) is 0 Å². The van der Waals surface area contributed by atoms with Gasteiger partial charge in [0.15, 0.2) is 0 Å². The maximum Gasteiger partial charge on any atom is 0.0702 e. The van der Waals surface area contributed by atoms with E-state index in [2.05, 4.69) is 39.9 Å². The molecule has 5 heteroatoms. The lowest BCUT2D eigenvalue weighted by molar-refractivity contribution is 0.0394. The molecule has 3 unspecified atom stereocenters. The summed E-state index contributed by atoms with van der Waals surface area (Å²) in [6, 6.07) is 4.59. The van der Waals surface area contributed by atoms with Gasteiger partial charge in [-0.15, -0.1) is 11.3 Å². The van der Waals surface area contributed by atoms with Crippen LogP contribution in [0, 0.1) is 0 Å². The molecule has 0 spiro atoms. The Morgan fingerprint density at radius 2 is 2.39 bits per heavy atom. The van der Waals surface area contributed by atoms with Crippen molar-refractivity contribution in [3.05, 3.63) is 20.8 Å². The first-order chi connectivity index (χ1) is 8.61. The molecular formula is C13H21BrN2OS. The fraction of sp³-hybridized carbons (Fsp3) is 0.692. The molecule has 0 saturated carbocycles. The van der Waals surface area contributed by atoms with Crippen LogP contribution in [0.2, 0.25) is 0 Å². The zero-order valence-electron chi connectivity index (χ0n) is 10.7. The molecule has 1 saturated heterocycles. The molecule has 1 aromatic rings. The quantitative estimate of drug-likeness (QED) is 0.891. The van der Waals surface area contributed by atoms with Crippen molar-refractivity contribution in [3.63, 3.8) is 0 Å². The highest BCUT2D eigenvalue weighted by Gasteiger charge is 2.30. The summed E-state index contributed by atoms with van der Waals surface area (Å²) in [7, 11) is 0. The highest BCUT2D eigenvalue weighted by Crippen LogP contribution is 2.34. The lowest BCUT2D eigenvalue weighted by Gasteiger charge is -2.38. The highest BCUT2D eigenvalue weighted by molar-refractivity contribution is 9.11. The second-order valence-corrected chi connectivity index (χ2v) is 7.44. The summed E-state index contributed by atoms with van der Waals surface area (Å²) < 4.78 is 1.14. The normalized spacial score (nSPS) is 25.0. The van der Waals surface area contributed by atoms with Crippen molar-refractivity contribution in [1.29, 1.82) is 0 Å². The van der Waals surface area contributed by atoms with Crippen LogP contribution in [-0.4, -0.2) is 35.2 Å². The molecular weight excluding hydrogens is 312 g/mol. The molecule has 0 radical (unpaired) electrons. The van der Waals surface area contributed by atoms with E-state index < -0.39 is 0 Å². The first kappa shape index (κ1) is 14.5. The van der Waals surface area contributed by atoms with E-state index in [1.54, 1.807) is 11.3 Å². The molecule has 2 heterocycles. The van der Waals surface area contributed by atoms with Crippen LogP contribution in [0.4, 0.5) is 0 Å².